The summed E-state index contributed by atoms with van der Waals surface area (Å²) in [4.78, 5) is 0.985. The SMILES string of the molecule is COc1ccc(OC)c(C(NN)c2snnc2C(C)C)c1. The van der Waals surface area contributed by atoms with Gasteiger partial charge in [-0.2, -0.15) is 0 Å². The first-order valence-electron chi connectivity index (χ1n) is 6.62. The van der Waals surface area contributed by atoms with Gasteiger partial charge in [-0.15, -0.1) is 5.10 Å². The van der Waals surface area contributed by atoms with E-state index in [2.05, 4.69) is 28.9 Å². The second kappa shape index (κ2) is 6.84. The summed E-state index contributed by atoms with van der Waals surface area (Å²) < 4.78 is 14.8. The van der Waals surface area contributed by atoms with E-state index in [1.165, 1.54) is 11.5 Å². The van der Waals surface area contributed by atoms with E-state index in [1.807, 2.05) is 18.2 Å². The topological polar surface area (TPSA) is 82.3 Å². The lowest BCUT2D eigenvalue weighted by atomic mass is 9.99. The fraction of sp³-hybridized carbons (Fsp3) is 0.429. The third-order valence-corrected chi connectivity index (χ3v) is 4.07. The number of ether oxygens (including phenoxy) is 2. The molecule has 0 aliphatic rings. The highest BCUT2D eigenvalue weighted by molar-refractivity contribution is 7.05. The zero-order valence-corrected chi connectivity index (χ0v) is 13.4. The molecule has 3 N–H and O–H groups in total. The molecule has 0 aliphatic carbocycles. The summed E-state index contributed by atoms with van der Waals surface area (Å²) in [5.41, 5.74) is 4.67. The number of hydrogen-bond acceptors (Lipinski definition) is 7. The van der Waals surface area contributed by atoms with Gasteiger partial charge >= 0.3 is 0 Å². The summed E-state index contributed by atoms with van der Waals surface area (Å²) >= 11 is 1.34. The zero-order chi connectivity index (χ0) is 15.4. The minimum atomic E-state index is -0.243. The lowest BCUT2D eigenvalue weighted by Gasteiger charge is -2.20. The Balaban J connectivity index is 2.52. The molecule has 0 saturated heterocycles. The fourth-order valence-electron chi connectivity index (χ4n) is 2.18. The van der Waals surface area contributed by atoms with Gasteiger partial charge in [0.15, 0.2) is 0 Å². The van der Waals surface area contributed by atoms with Gasteiger partial charge in [-0.1, -0.05) is 18.3 Å². The van der Waals surface area contributed by atoms with Gasteiger partial charge in [-0.25, -0.2) is 5.43 Å². The first kappa shape index (κ1) is 15.7. The van der Waals surface area contributed by atoms with E-state index < -0.39 is 0 Å². The first-order valence-corrected chi connectivity index (χ1v) is 7.39. The van der Waals surface area contributed by atoms with Crippen LogP contribution in [0.2, 0.25) is 0 Å². The summed E-state index contributed by atoms with van der Waals surface area (Å²) in [5, 5.41) is 4.21. The maximum atomic E-state index is 5.78. The van der Waals surface area contributed by atoms with Crippen molar-refractivity contribution in [2.45, 2.75) is 25.8 Å². The van der Waals surface area contributed by atoms with Crippen LogP contribution in [0.4, 0.5) is 0 Å². The Kier molecular flexibility index (Phi) is 5.11. The van der Waals surface area contributed by atoms with Crippen LogP contribution in [0.15, 0.2) is 18.2 Å². The van der Waals surface area contributed by atoms with Crippen LogP contribution < -0.4 is 20.7 Å². The predicted molar refractivity (Wildman–Crippen MR) is 82.7 cm³/mol. The third-order valence-electron chi connectivity index (χ3n) is 3.26. The Labute approximate surface area is 128 Å². The van der Waals surface area contributed by atoms with E-state index in [9.17, 15) is 0 Å². The number of aromatic nitrogens is 2. The maximum absolute atomic E-state index is 5.78. The number of benzene rings is 1. The van der Waals surface area contributed by atoms with E-state index in [4.69, 9.17) is 15.3 Å². The van der Waals surface area contributed by atoms with Crippen molar-refractivity contribution >= 4 is 11.5 Å². The molecule has 2 rings (SSSR count). The van der Waals surface area contributed by atoms with E-state index >= 15 is 0 Å². The average Bonchev–Trinajstić information content (AvgIpc) is 2.97. The molecular formula is C14H20N4O2S. The van der Waals surface area contributed by atoms with Crippen molar-refractivity contribution in [3.05, 3.63) is 34.3 Å². The molecule has 0 bridgehead atoms. The minimum absolute atomic E-state index is 0.243. The normalized spacial score (nSPS) is 12.5. The van der Waals surface area contributed by atoms with Crippen molar-refractivity contribution in [1.82, 2.24) is 15.0 Å². The van der Waals surface area contributed by atoms with E-state index in [1.54, 1.807) is 14.2 Å². The van der Waals surface area contributed by atoms with Gasteiger partial charge < -0.3 is 9.47 Å². The Bertz CT molecular complexity index is 600. The van der Waals surface area contributed by atoms with Crippen LogP contribution in [0.3, 0.4) is 0 Å². The van der Waals surface area contributed by atoms with Crippen LogP contribution >= 0.6 is 11.5 Å². The molecule has 2 aromatic rings. The van der Waals surface area contributed by atoms with Crippen LogP contribution in [0, 0.1) is 0 Å². The van der Waals surface area contributed by atoms with Crippen LogP contribution in [-0.4, -0.2) is 23.8 Å². The highest BCUT2D eigenvalue weighted by atomic mass is 32.1. The molecule has 21 heavy (non-hydrogen) atoms. The molecule has 0 radical (unpaired) electrons. The van der Waals surface area contributed by atoms with Crippen LogP contribution in [0.25, 0.3) is 0 Å². The van der Waals surface area contributed by atoms with Crippen molar-refractivity contribution in [3.63, 3.8) is 0 Å². The van der Waals surface area contributed by atoms with Crippen molar-refractivity contribution in [3.8, 4) is 11.5 Å². The molecule has 1 unspecified atom stereocenters. The van der Waals surface area contributed by atoms with Gasteiger partial charge in [-0.05, 0) is 35.6 Å². The number of hydrazine groups is 1. The summed E-state index contributed by atoms with van der Waals surface area (Å²) in [6, 6.07) is 5.38. The Morgan fingerprint density at radius 2 is 2.00 bits per heavy atom. The molecule has 0 aliphatic heterocycles. The smallest absolute Gasteiger partial charge is 0.124 e. The zero-order valence-electron chi connectivity index (χ0n) is 12.6. The van der Waals surface area contributed by atoms with Gasteiger partial charge in [0.2, 0.25) is 0 Å². The van der Waals surface area contributed by atoms with Gasteiger partial charge in [0.05, 0.1) is 30.8 Å². The molecule has 0 fully saturated rings. The van der Waals surface area contributed by atoms with Crippen LogP contribution in [0.1, 0.15) is 41.9 Å². The molecular weight excluding hydrogens is 288 g/mol. The second-order valence-electron chi connectivity index (χ2n) is 4.88. The van der Waals surface area contributed by atoms with E-state index in [0.29, 0.717) is 0 Å². The molecule has 1 aromatic carbocycles. The molecule has 7 heteroatoms. The quantitative estimate of drug-likeness (QED) is 0.629. The molecule has 114 valence electrons. The maximum Gasteiger partial charge on any atom is 0.124 e. The average molecular weight is 308 g/mol. The van der Waals surface area contributed by atoms with Crippen molar-refractivity contribution in [1.29, 1.82) is 0 Å². The summed E-state index contributed by atoms with van der Waals surface area (Å²) in [6.07, 6.45) is 0. The third kappa shape index (κ3) is 3.15. The number of methoxy groups -OCH3 is 2. The van der Waals surface area contributed by atoms with Crippen molar-refractivity contribution < 1.29 is 9.47 Å². The minimum Gasteiger partial charge on any atom is -0.497 e. The molecule has 1 aromatic heterocycles. The number of nitrogens with two attached hydrogens (primary N) is 1. The second-order valence-corrected chi connectivity index (χ2v) is 5.67. The predicted octanol–water partition coefficient (Wildman–Crippen LogP) is 2.23. The first-order chi connectivity index (χ1) is 10.1. The monoisotopic (exact) mass is 308 g/mol. The molecule has 1 atom stereocenters. The van der Waals surface area contributed by atoms with Crippen LogP contribution in [-0.2, 0) is 0 Å². The number of nitrogens with zero attached hydrogens (tertiary/aromatic N) is 2. The number of hydrogen-bond donors (Lipinski definition) is 2. The molecule has 0 amide bonds. The Morgan fingerprint density at radius 1 is 1.24 bits per heavy atom. The van der Waals surface area contributed by atoms with Crippen molar-refractivity contribution in [2.24, 2.45) is 5.84 Å². The largest absolute Gasteiger partial charge is 0.497 e. The van der Waals surface area contributed by atoms with E-state index in [-0.39, 0.29) is 12.0 Å². The number of nitrogens with one attached hydrogen (secondary N) is 1. The highest BCUT2D eigenvalue weighted by Crippen LogP contribution is 2.36. The van der Waals surface area contributed by atoms with E-state index in [0.717, 1.165) is 27.6 Å². The molecule has 0 spiro atoms. The lowest BCUT2D eigenvalue weighted by molar-refractivity contribution is 0.394. The number of rotatable bonds is 6. The summed E-state index contributed by atoms with van der Waals surface area (Å²) in [5.74, 6) is 7.54. The van der Waals surface area contributed by atoms with Gasteiger partial charge in [0.25, 0.3) is 0 Å². The molecule has 0 saturated carbocycles. The van der Waals surface area contributed by atoms with Crippen LogP contribution in [0.5, 0.6) is 11.5 Å². The van der Waals surface area contributed by atoms with Gasteiger partial charge in [-0.3, -0.25) is 5.84 Å². The Hall–Kier alpha value is -1.70. The van der Waals surface area contributed by atoms with Gasteiger partial charge in [0.1, 0.15) is 11.5 Å². The standard InChI is InChI=1S/C14H20N4O2S/c1-8(2)12-14(21-18-17-12)13(16-15)10-7-9(19-3)5-6-11(10)20-4/h5-8,13,16H,15H2,1-4H3. The lowest BCUT2D eigenvalue weighted by Crippen LogP contribution is -2.29. The fourth-order valence-corrected chi connectivity index (χ4v) is 3.06. The highest BCUT2D eigenvalue weighted by Gasteiger charge is 2.25. The summed E-state index contributed by atoms with van der Waals surface area (Å²) in [7, 11) is 3.26. The molecule has 6 nitrogen and oxygen atoms in total. The molecule has 1 heterocycles. The summed E-state index contributed by atoms with van der Waals surface area (Å²) in [6.45, 7) is 4.16. The van der Waals surface area contributed by atoms with Crippen molar-refractivity contribution in [2.75, 3.05) is 14.2 Å². The Morgan fingerprint density at radius 3 is 2.57 bits per heavy atom. The van der Waals surface area contributed by atoms with Gasteiger partial charge in [0, 0.05) is 5.56 Å².